The summed E-state index contributed by atoms with van der Waals surface area (Å²) in [5.74, 6) is 0.138. The summed E-state index contributed by atoms with van der Waals surface area (Å²) in [4.78, 5) is 55.2. The Hall–Kier alpha value is -1.03. The maximum absolute atomic E-state index is 11.5. The zero-order chi connectivity index (χ0) is 22.6. The summed E-state index contributed by atoms with van der Waals surface area (Å²) < 4.78 is 42.9. The van der Waals surface area contributed by atoms with Crippen molar-refractivity contribution in [3.8, 4) is 0 Å². The Labute approximate surface area is 161 Å². The number of nitrogen functional groups attached to an aromatic ring is 1. The fourth-order valence-corrected chi connectivity index (χ4v) is 4.52. The number of phosphoric acid groups is 3. The lowest BCUT2D eigenvalue weighted by atomic mass is 10.2. The molecular weight excluding hydrogens is 467 g/mol. The molecule has 20 heteroatoms. The smallest absolute Gasteiger partial charge is 0.394 e. The van der Waals surface area contributed by atoms with Gasteiger partial charge in [0.05, 0.1) is 12.7 Å². The van der Waals surface area contributed by atoms with Crippen LogP contribution in [0, 0.1) is 0 Å². The van der Waals surface area contributed by atoms with Crippen molar-refractivity contribution in [1.29, 1.82) is 0 Å². The molecule has 0 aromatic carbocycles. The molecule has 29 heavy (non-hydrogen) atoms. The standard InChI is InChI=1S/C9H13N3O4.H5O10P3/c10-7-1-2-12(9(15)11-7)8-3-5(14)6(4-13)16-8;1-11(2,3)9-13(7,8)10-12(4,5)6/h1-2,5-6,8,13-14H,3-4H2,(H2,10,11,15);(H,7,8)(H2,1,2,3)(H2,4,5,6)/t5-,6+,8+;/m0./s1. The van der Waals surface area contributed by atoms with Crippen LogP contribution in [0.3, 0.4) is 0 Å². The Morgan fingerprint density at radius 1 is 1.17 bits per heavy atom. The number of anilines is 1. The molecule has 9 N–H and O–H groups in total. The van der Waals surface area contributed by atoms with E-state index < -0.39 is 47.6 Å². The van der Waals surface area contributed by atoms with E-state index in [4.69, 9.17) is 40.0 Å². The predicted molar refractivity (Wildman–Crippen MR) is 90.6 cm³/mol. The van der Waals surface area contributed by atoms with E-state index in [0.717, 1.165) is 0 Å². The van der Waals surface area contributed by atoms with Gasteiger partial charge in [-0.1, -0.05) is 0 Å². The highest BCUT2D eigenvalue weighted by atomic mass is 31.3. The second-order valence-electron chi connectivity index (χ2n) is 5.27. The molecule has 2 rings (SSSR count). The van der Waals surface area contributed by atoms with Crippen LogP contribution in [-0.2, 0) is 27.1 Å². The average molecular weight is 485 g/mol. The fraction of sp³-hybridized carbons (Fsp3) is 0.556. The van der Waals surface area contributed by atoms with Gasteiger partial charge >= 0.3 is 29.2 Å². The molecule has 0 aliphatic carbocycles. The molecule has 1 aromatic heterocycles. The van der Waals surface area contributed by atoms with Gasteiger partial charge in [-0.3, -0.25) is 4.57 Å². The molecule has 3 atom stereocenters. The van der Waals surface area contributed by atoms with Crippen LogP contribution in [0.15, 0.2) is 17.1 Å². The number of aliphatic hydroxyl groups excluding tert-OH is 2. The predicted octanol–water partition coefficient (Wildman–Crippen LogP) is -2.23. The second-order valence-corrected chi connectivity index (χ2v) is 9.48. The minimum atomic E-state index is -5.46. The van der Waals surface area contributed by atoms with Crippen LogP contribution in [0.5, 0.6) is 0 Å². The number of nitrogens with zero attached hydrogens (tertiary/aromatic N) is 2. The van der Waals surface area contributed by atoms with Gasteiger partial charge in [-0.15, -0.1) is 0 Å². The zero-order valence-corrected chi connectivity index (χ0v) is 16.8. The number of ether oxygens (including phenoxy) is 1. The van der Waals surface area contributed by atoms with Crippen LogP contribution in [0.25, 0.3) is 0 Å². The van der Waals surface area contributed by atoms with Crippen molar-refractivity contribution in [2.45, 2.75) is 24.9 Å². The Balaban J connectivity index is 0.000000298. The molecule has 0 radical (unpaired) electrons. The molecule has 0 spiro atoms. The molecule has 1 aromatic rings. The molecule has 1 aliphatic heterocycles. The maximum Gasteiger partial charge on any atom is 0.490 e. The molecule has 0 saturated carbocycles. The van der Waals surface area contributed by atoms with E-state index in [1.807, 2.05) is 0 Å². The fourth-order valence-electron chi connectivity index (χ4n) is 1.98. The van der Waals surface area contributed by atoms with E-state index in [1.54, 1.807) is 0 Å². The first-order valence-corrected chi connectivity index (χ1v) is 11.7. The van der Waals surface area contributed by atoms with Crippen molar-refractivity contribution < 1.29 is 61.7 Å². The zero-order valence-electron chi connectivity index (χ0n) is 14.1. The number of rotatable bonds is 6. The van der Waals surface area contributed by atoms with Crippen molar-refractivity contribution in [2.75, 3.05) is 12.3 Å². The summed E-state index contributed by atoms with van der Waals surface area (Å²) in [7, 11) is -16.2. The third kappa shape index (κ3) is 9.55. The van der Waals surface area contributed by atoms with E-state index >= 15 is 0 Å². The highest BCUT2D eigenvalue weighted by Gasteiger charge is 2.38. The van der Waals surface area contributed by atoms with Crippen LogP contribution >= 0.6 is 23.5 Å². The van der Waals surface area contributed by atoms with Crippen molar-refractivity contribution in [1.82, 2.24) is 9.55 Å². The lowest BCUT2D eigenvalue weighted by Gasteiger charge is -2.13. The first-order valence-electron chi connectivity index (χ1n) is 7.18. The molecule has 17 nitrogen and oxygen atoms in total. The SMILES string of the molecule is Nc1ccn([C@H]2C[C@H](O)[C@@H](CO)O2)c(=O)n1.O=P(O)(O)OP(=O)(O)OP(=O)(O)O. The summed E-state index contributed by atoms with van der Waals surface area (Å²) in [5.41, 5.74) is 4.82. The molecule has 0 bridgehead atoms. The number of aliphatic hydroxyl groups is 2. The Morgan fingerprint density at radius 2 is 1.69 bits per heavy atom. The highest BCUT2D eigenvalue weighted by molar-refractivity contribution is 7.66. The Bertz CT molecular complexity index is 866. The maximum atomic E-state index is 11.5. The van der Waals surface area contributed by atoms with Crippen LogP contribution in [-0.4, -0.2) is 63.0 Å². The van der Waals surface area contributed by atoms with E-state index in [9.17, 15) is 23.6 Å². The summed E-state index contributed by atoms with van der Waals surface area (Å²) in [5, 5.41) is 18.4. The molecule has 2 heterocycles. The van der Waals surface area contributed by atoms with Gasteiger partial charge in [0, 0.05) is 12.6 Å². The third-order valence-corrected chi connectivity index (χ3v) is 6.32. The Kier molecular flexibility index (Phi) is 8.83. The van der Waals surface area contributed by atoms with Crippen LogP contribution < -0.4 is 11.4 Å². The number of aromatic nitrogens is 2. The molecule has 0 unspecified atom stereocenters. The molecule has 168 valence electrons. The lowest BCUT2D eigenvalue weighted by molar-refractivity contribution is -0.0458. The van der Waals surface area contributed by atoms with Gasteiger partial charge in [0.15, 0.2) is 0 Å². The molecule has 1 aliphatic rings. The van der Waals surface area contributed by atoms with Crippen LogP contribution in [0.4, 0.5) is 5.82 Å². The van der Waals surface area contributed by atoms with Crippen LogP contribution in [0.1, 0.15) is 12.6 Å². The molecule has 1 saturated heterocycles. The molecule has 1 fully saturated rings. The average Bonchev–Trinajstić information content (AvgIpc) is 2.83. The summed E-state index contributed by atoms with van der Waals surface area (Å²) in [6, 6.07) is 1.48. The van der Waals surface area contributed by atoms with Gasteiger partial charge in [-0.2, -0.15) is 13.6 Å². The van der Waals surface area contributed by atoms with Gasteiger partial charge in [0.1, 0.15) is 18.1 Å². The second kappa shape index (κ2) is 9.85. The number of nitrogens with two attached hydrogens (primary N) is 1. The van der Waals surface area contributed by atoms with E-state index in [2.05, 4.69) is 13.6 Å². The highest BCUT2D eigenvalue weighted by Crippen LogP contribution is 2.64. The Morgan fingerprint density at radius 3 is 2.07 bits per heavy atom. The van der Waals surface area contributed by atoms with Gasteiger partial charge < -0.3 is 45.2 Å². The largest absolute Gasteiger partial charge is 0.490 e. The normalized spacial score (nSPS) is 22.8. The summed E-state index contributed by atoms with van der Waals surface area (Å²) in [6.07, 6.45) is -0.333. The quantitative estimate of drug-likeness (QED) is 0.198. The molecule has 0 amide bonds. The van der Waals surface area contributed by atoms with Gasteiger partial charge in [-0.05, 0) is 6.07 Å². The molecular formula is C9H18N3O14P3. The topological polar surface area (TPSA) is 281 Å². The monoisotopic (exact) mass is 485 g/mol. The number of hydrogen-bond donors (Lipinski definition) is 8. The van der Waals surface area contributed by atoms with Gasteiger partial charge in [0.25, 0.3) is 0 Å². The van der Waals surface area contributed by atoms with E-state index in [0.29, 0.717) is 0 Å². The van der Waals surface area contributed by atoms with Crippen molar-refractivity contribution in [3.05, 3.63) is 22.7 Å². The minimum Gasteiger partial charge on any atom is -0.394 e. The van der Waals surface area contributed by atoms with E-state index in [-0.39, 0.29) is 18.8 Å². The van der Waals surface area contributed by atoms with Crippen molar-refractivity contribution in [2.24, 2.45) is 0 Å². The van der Waals surface area contributed by atoms with Gasteiger partial charge in [0.2, 0.25) is 0 Å². The van der Waals surface area contributed by atoms with Gasteiger partial charge in [-0.25, -0.2) is 18.5 Å². The summed E-state index contributed by atoms with van der Waals surface area (Å²) >= 11 is 0. The van der Waals surface area contributed by atoms with Crippen molar-refractivity contribution >= 4 is 29.3 Å². The first-order chi connectivity index (χ1) is 13.0. The first kappa shape index (κ1) is 26.0. The van der Waals surface area contributed by atoms with E-state index in [1.165, 1.54) is 16.8 Å². The lowest BCUT2D eigenvalue weighted by Crippen LogP contribution is -2.27. The minimum absolute atomic E-state index is 0.138. The van der Waals surface area contributed by atoms with Crippen molar-refractivity contribution in [3.63, 3.8) is 0 Å². The third-order valence-electron chi connectivity index (χ3n) is 2.96. The summed E-state index contributed by atoms with van der Waals surface area (Å²) in [6.45, 7) is -0.283. The van der Waals surface area contributed by atoms with Crippen LogP contribution in [0.2, 0.25) is 0 Å². The number of hydrogen-bond acceptors (Lipinski definition) is 11.